The maximum Gasteiger partial charge on any atom is 0.258 e. The van der Waals surface area contributed by atoms with Crippen LogP contribution < -0.4 is 15.6 Å². The lowest BCUT2D eigenvalue weighted by Gasteiger charge is -2.23. The van der Waals surface area contributed by atoms with Gasteiger partial charge in [0.1, 0.15) is 6.10 Å². The van der Waals surface area contributed by atoms with Crippen molar-refractivity contribution in [1.29, 1.82) is 0 Å². The van der Waals surface area contributed by atoms with Crippen molar-refractivity contribution in [3.8, 4) is 5.88 Å². The number of aromatic amines is 1. The normalized spacial score (nSPS) is 16.9. The van der Waals surface area contributed by atoms with E-state index in [0.717, 1.165) is 31.3 Å². The fourth-order valence-electron chi connectivity index (χ4n) is 2.34. The van der Waals surface area contributed by atoms with Crippen molar-refractivity contribution in [2.75, 3.05) is 13.1 Å². The number of nitrogens with one attached hydrogen (secondary N) is 2. The van der Waals surface area contributed by atoms with Crippen molar-refractivity contribution >= 4 is 10.8 Å². The number of rotatable bonds is 2. The number of hydrogen-bond acceptors (Lipinski definition) is 3. The minimum atomic E-state index is -0.0861. The summed E-state index contributed by atoms with van der Waals surface area (Å²) < 4.78 is 5.85. The number of aromatic nitrogens is 1. The zero-order chi connectivity index (χ0) is 12.4. The molecule has 0 atom stereocenters. The summed E-state index contributed by atoms with van der Waals surface area (Å²) >= 11 is 0. The van der Waals surface area contributed by atoms with Crippen LogP contribution in [0.25, 0.3) is 10.8 Å². The second-order valence-electron chi connectivity index (χ2n) is 4.62. The summed E-state index contributed by atoms with van der Waals surface area (Å²) in [5, 5.41) is 4.91. The number of hydrogen-bond donors (Lipinski definition) is 2. The van der Waals surface area contributed by atoms with Crippen LogP contribution in [-0.4, -0.2) is 24.2 Å². The SMILES string of the molecule is O=c1[nH]c(OC2CCNCC2)cc2ccccc12. The van der Waals surface area contributed by atoms with Crippen molar-refractivity contribution < 1.29 is 4.74 Å². The predicted molar refractivity (Wildman–Crippen MR) is 71.1 cm³/mol. The maximum atomic E-state index is 11.9. The van der Waals surface area contributed by atoms with E-state index >= 15 is 0 Å². The van der Waals surface area contributed by atoms with Crippen LogP contribution in [0.15, 0.2) is 35.1 Å². The van der Waals surface area contributed by atoms with E-state index in [-0.39, 0.29) is 11.7 Å². The van der Waals surface area contributed by atoms with Gasteiger partial charge >= 0.3 is 0 Å². The number of pyridine rings is 1. The molecule has 1 aromatic carbocycles. The molecule has 0 spiro atoms. The topological polar surface area (TPSA) is 54.1 Å². The Morgan fingerprint density at radius 2 is 1.94 bits per heavy atom. The molecule has 94 valence electrons. The second kappa shape index (κ2) is 4.82. The molecule has 0 aliphatic carbocycles. The molecule has 0 radical (unpaired) electrons. The first-order valence-electron chi connectivity index (χ1n) is 6.32. The van der Waals surface area contributed by atoms with Crippen molar-refractivity contribution in [1.82, 2.24) is 10.3 Å². The van der Waals surface area contributed by atoms with Crippen molar-refractivity contribution in [2.45, 2.75) is 18.9 Å². The van der Waals surface area contributed by atoms with E-state index in [2.05, 4.69) is 10.3 Å². The maximum absolute atomic E-state index is 11.9. The highest BCUT2D eigenvalue weighted by Gasteiger charge is 2.15. The highest BCUT2D eigenvalue weighted by Crippen LogP contribution is 2.17. The molecule has 0 amide bonds. The first-order valence-corrected chi connectivity index (χ1v) is 6.32. The van der Waals surface area contributed by atoms with Crippen LogP contribution in [0.2, 0.25) is 0 Å². The quantitative estimate of drug-likeness (QED) is 0.844. The van der Waals surface area contributed by atoms with E-state index in [4.69, 9.17) is 4.74 Å². The monoisotopic (exact) mass is 244 g/mol. The summed E-state index contributed by atoms with van der Waals surface area (Å²) in [6.45, 7) is 1.95. The fourth-order valence-corrected chi connectivity index (χ4v) is 2.34. The van der Waals surface area contributed by atoms with E-state index in [1.165, 1.54) is 0 Å². The molecule has 4 heteroatoms. The van der Waals surface area contributed by atoms with Gasteiger partial charge in [-0.25, -0.2) is 0 Å². The summed E-state index contributed by atoms with van der Waals surface area (Å²) in [4.78, 5) is 14.7. The minimum Gasteiger partial charge on any atom is -0.475 e. The molecule has 1 aliphatic rings. The van der Waals surface area contributed by atoms with E-state index in [9.17, 15) is 4.79 Å². The van der Waals surface area contributed by atoms with Gasteiger partial charge in [0.2, 0.25) is 0 Å². The Labute approximate surface area is 105 Å². The van der Waals surface area contributed by atoms with Crippen molar-refractivity contribution in [2.24, 2.45) is 0 Å². The zero-order valence-electron chi connectivity index (χ0n) is 10.1. The first kappa shape index (κ1) is 11.3. The summed E-state index contributed by atoms with van der Waals surface area (Å²) in [7, 11) is 0. The van der Waals surface area contributed by atoms with Gasteiger partial charge in [-0.1, -0.05) is 18.2 Å². The van der Waals surface area contributed by atoms with Gasteiger partial charge in [0.25, 0.3) is 5.56 Å². The van der Waals surface area contributed by atoms with Crippen LogP contribution in [0.4, 0.5) is 0 Å². The van der Waals surface area contributed by atoms with Gasteiger partial charge in [-0.3, -0.25) is 9.78 Å². The Bertz CT molecular complexity index is 600. The van der Waals surface area contributed by atoms with Crippen LogP contribution >= 0.6 is 0 Å². The Morgan fingerprint density at radius 1 is 1.17 bits per heavy atom. The molecule has 2 N–H and O–H groups in total. The van der Waals surface area contributed by atoms with E-state index in [0.29, 0.717) is 11.3 Å². The Balaban J connectivity index is 1.90. The van der Waals surface area contributed by atoms with Crippen molar-refractivity contribution in [3.05, 3.63) is 40.7 Å². The molecule has 4 nitrogen and oxygen atoms in total. The second-order valence-corrected chi connectivity index (χ2v) is 4.62. The Hall–Kier alpha value is -1.81. The zero-order valence-corrected chi connectivity index (χ0v) is 10.1. The van der Waals surface area contributed by atoms with Gasteiger partial charge in [-0.15, -0.1) is 0 Å². The summed E-state index contributed by atoms with van der Waals surface area (Å²) in [6.07, 6.45) is 2.16. The number of fused-ring (bicyclic) bond motifs is 1. The van der Waals surface area contributed by atoms with Crippen LogP contribution in [-0.2, 0) is 0 Å². The standard InChI is InChI=1S/C14H16N2O2/c17-14-12-4-2-1-3-10(12)9-13(16-14)18-11-5-7-15-8-6-11/h1-4,9,11,15H,5-8H2,(H,16,17). The molecule has 1 aliphatic heterocycles. The molecule has 0 bridgehead atoms. The molecular weight excluding hydrogens is 228 g/mol. The first-order chi connectivity index (χ1) is 8.83. The molecule has 2 heterocycles. The van der Waals surface area contributed by atoms with Gasteiger partial charge in [0.15, 0.2) is 5.88 Å². The lowest BCUT2D eigenvalue weighted by Crippen LogP contribution is -2.34. The van der Waals surface area contributed by atoms with Crippen LogP contribution in [0, 0.1) is 0 Å². The predicted octanol–water partition coefficient (Wildman–Crippen LogP) is 1.66. The summed E-state index contributed by atoms with van der Waals surface area (Å²) in [5.74, 6) is 0.575. The van der Waals surface area contributed by atoms with Crippen LogP contribution in [0.3, 0.4) is 0 Å². The van der Waals surface area contributed by atoms with Gasteiger partial charge < -0.3 is 10.1 Å². The Morgan fingerprint density at radius 3 is 2.78 bits per heavy atom. The van der Waals surface area contributed by atoms with Crippen LogP contribution in [0.5, 0.6) is 5.88 Å². The molecule has 1 saturated heterocycles. The Kier molecular flexibility index (Phi) is 3.02. The molecule has 0 unspecified atom stereocenters. The largest absolute Gasteiger partial charge is 0.475 e. The third-order valence-corrected chi connectivity index (χ3v) is 3.31. The molecule has 3 rings (SSSR count). The lowest BCUT2D eigenvalue weighted by atomic mass is 10.1. The molecular formula is C14H16N2O2. The van der Waals surface area contributed by atoms with E-state index < -0.39 is 0 Å². The number of ether oxygens (including phenoxy) is 1. The number of H-pyrrole nitrogens is 1. The van der Waals surface area contributed by atoms with Gasteiger partial charge in [-0.2, -0.15) is 0 Å². The average molecular weight is 244 g/mol. The minimum absolute atomic E-state index is 0.0861. The third-order valence-electron chi connectivity index (χ3n) is 3.31. The summed E-state index contributed by atoms with van der Waals surface area (Å²) in [6, 6.07) is 9.45. The van der Waals surface area contributed by atoms with Crippen LogP contribution in [0.1, 0.15) is 12.8 Å². The highest BCUT2D eigenvalue weighted by atomic mass is 16.5. The van der Waals surface area contributed by atoms with Gasteiger partial charge in [0, 0.05) is 11.5 Å². The molecule has 18 heavy (non-hydrogen) atoms. The van der Waals surface area contributed by atoms with Crippen molar-refractivity contribution in [3.63, 3.8) is 0 Å². The molecule has 1 aromatic heterocycles. The summed E-state index contributed by atoms with van der Waals surface area (Å²) in [5.41, 5.74) is -0.0861. The number of piperidine rings is 1. The third kappa shape index (κ3) is 2.24. The van der Waals surface area contributed by atoms with E-state index in [1.807, 2.05) is 30.3 Å². The smallest absolute Gasteiger partial charge is 0.258 e. The fraction of sp³-hybridized carbons (Fsp3) is 0.357. The molecule has 1 fully saturated rings. The number of benzene rings is 1. The molecule has 0 saturated carbocycles. The van der Waals surface area contributed by atoms with Gasteiger partial charge in [0.05, 0.1) is 0 Å². The van der Waals surface area contributed by atoms with Gasteiger partial charge in [-0.05, 0) is 37.4 Å². The average Bonchev–Trinajstić information content (AvgIpc) is 2.40. The highest BCUT2D eigenvalue weighted by molar-refractivity contribution is 5.82. The lowest BCUT2D eigenvalue weighted by molar-refractivity contribution is 0.156. The molecule has 2 aromatic rings. The van der Waals surface area contributed by atoms with E-state index in [1.54, 1.807) is 0 Å².